The van der Waals surface area contributed by atoms with Crippen LogP contribution >= 0.6 is 11.6 Å². The van der Waals surface area contributed by atoms with E-state index < -0.39 is 47.2 Å². The predicted octanol–water partition coefficient (Wildman–Crippen LogP) is 5.10. The number of alkyl carbamates (subject to hydrolysis) is 1. The molecule has 180 valence electrons. The number of hydrogen-bond donors (Lipinski definition) is 1. The molecule has 0 bridgehead atoms. The van der Waals surface area contributed by atoms with Gasteiger partial charge in [0.25, 0.3) is 5.60 Å². The molecule has 0 saturated carbocycles. The summed E-state index contributed by atoms with van der Waals surface area (Å²) in [5, 5.41) is 2.47. The molecule has 6 nitrogen and oxygen atoms in total. The minimum atomic E-state index is -5.13. The number of esters is 1. The van der Waals surface area contributed by atoms with Crippen molar-refractivity contribution in [2.45, 2.75) is 63.6 Å². The van der Waals surface area contributed by atoms with Gasteiger partial charge in [0, 0.05) is 25.0 Å². The molecule has 1 rings (SSSR count). The van der Waals surface area contributed by atoms with Crippen LogP contribution in [0.5, 0.6) is 0 Å². The Morgan fingerprint density at radius 3 is 2.16 bits per heavy atom. The summed E-state index contributed by atoms with van der Waals surface area (Å²) in [6.07, 6.45) is -7.25. The molecular formula is C22H29ClF3NO5. The highest BCUT2D eigenvalue weighted by Crippen LogP contribution is 2.43. The molecule has 1 amide bonds. The Morgan fingerprint density at radius 2 is 1.72 bits per heavy atom. The van der Waals surface area contributed by atoms with E-state index in [9.17, 15) is 22.8 Å². The van der Waals surface area contributed by atoms with Crippen molar-refractivity contribution in [1.82, 2.24) is 5.32 Å². The van der Waals surface area contributed by atoms with Gasteiger partial charge in [-0.2, -0.15) is 13.2 Å². The monoisotopic (exact) mass is 479 g/mol. The van der Waals surface area contributed by atoms with Gasteiger partial charge in [-0.05, 0) is 27.7 Å². The molecule has 0 aliphatic rings. The number of halogens is 4. The maximum absolute atomic E-state index is 14.1. The second kappa shape index (κ2) is 11.0. The number of benzene rings is 1. The van der Waals surface area contributed by atoms with Gasteiger partial charge in [0.1, 0.15) is 11.7 Å². The number of nitrogens with one attached hydrogen (secondary N) is 1. The molecule has 0 fully saturated rings. The molecule has 3 atom stereocenters. The Balaban J connectivity index is 3.27. The maximum Gasteiger partial charge on any atom is 0.432 e. The Kier molecular flexibility index (Phi) is 9.59. The second-order valence-electron chi connectivity index (χ2n) is 8.22. The molecule has 32 heavy (non-hydrogen) atoms. The summed E-state index contributed by atoms with van der Waals surface area (Å²) in [5.74, 6) is -1.69. The average molecular weight is 480 g/mol. The minimum Gasteiger partial charge on any atom is -0.457 e. The molecule has 0 saturated heterocycles. The largest absolute Gasteiger partial charge is 0.457 e. The number of alkyl halides is 4. The first-order valence-corrected chi connectivity index (χ1v) is 10.3. The van der Waals surface area contributed by atoms with Gasteiger partial charge in [-0.1, -0.05) is 42.5 Å². The van der Waals surface area contributed by atoms with Crippen LogP contribution in [0.2, 0.25) is 0 Å². The summed E-state index contributed by atoms with van der Waals surface area (Å²) in [7, 11) is 0.775. The van der Waals surface area contributed by atoms with Gasteiger partial charge in [-0.25, -0.2) is 9.59 Å². The van der Waals surface area contributed by atoms with Crippen LogP contribution in [-0.2, 0) is 24.6 Å². The molecule has 0 spiro atoms. The van der Waals surface area contributed by atoms with E-state index in [4.69, 9.17) is 25.8 Å². The van der Waals surface area contributed by atoms with Gasteiger partial charge in [-0.3, -0.25) is 0 Å². The lowest BCUT2D eigenvalue weighted by Gasteiger charge is -2.35. The van der Waals surface area contributed by atoms with E-state index in [1.54, 1.807) is 20.8 Å². The van der Waals surface area contributed by atoms with Crippen LogP contribution in [0.3, 0.4) is 0 Å². The lowest BCUT2D eigenvalue weighted by Crippen LogP contribution is -2.54. The Bertz CT molecular complexity index is 795. The van der Waals surface area contributed by atoms with Crippen molar-refractivity contribution in [3.8, 4) is 0 Å². The molecule has 0 aromatic heterocycles. The van der Waals surface area contributed by atoms with Gasteiger partial charge in [0.15, 0.2) is 0 Å². The molecule has 0 aliphatic carbocycles. The van der Waals surface area contributed by atoms with E-state index in [-0.39, 0.29) is 12.3 Å². The number of methoxy groups -OCH3 is 1. The molecule has 1 aromatic rings. The van der Waals surface area contributed by atoms with E-state index in [1.165, 1.54) is 25.1 Å². The van der Waals surface area contributed by atoms with E-state index in [0.717, 1.165) is 19.2 Å². The van der Waals surface area contributed by atoms with E-state index in [0.29, 0.717) is 5.57 Å². The summed E-state index contributed by atoms with van der Waals surface area (Å²) in [6.45, 7) is 10.1. The highest BCUT2D eigenvalue weighted by molar-refractivity contribution is 6.19. The number of rotatable bonds is 9. The van der Waals surface area contributed by atoms with Crippen LogP contribution in [-0.4, -0.2) is 49.0 Å². The third-order valence-electron chi connectivity index (χ3n) is 4.41. The third kappa shape index (κ3) is 7.13. The molecule has 1 aromatic carbocycles. The number of carbonyl (C=O) groups is 2. The fourth-order valence-electron chi connectivity index (χ4n) is 2.85. The Hall–Kier alpha value is -2.26. The quantitative estimate of drug-likeness (QED) is 0.303. The van der Waals surface area contributed by atoms with Crippen LogP contribution in [0, 0.1) is 0 Å². The van der Waals surface area contributed by atoms with Gasteiger partial charge < -0.3 is 19.5 Å². The number of ether oxygens (including phenoxy) is 3. The number of hydrogen-bond acceptors (Lipinski definition) is 5. The van der Waals surface area contributed by atoms with Gasteiger partial charge in [0.05, 0.1) is 6.04 Å². The van der Waals surface area contributed by atoms with Crippen LogP contribution in [0.1, 0.15) is 39.7 Å². The molecule has 0 aliphatic heterocycles. The average Bonchev–Trinajstić information content (AvgIpc) is 2.66. The predicted molar refractivity (Wildman–Crippen MR) is 114 cm³/mol. The minimum absolute atomic E-state index is 0.0133. The first kappa shape index (κ1) is 27.8. The van der Waals surface area contributed by atoms with Crippen molar-refractivity contribution in [2.75, 3.05) is 13.0 Å². The molecule has 0 radical (unpaired) electrons. The van der Waals surface area contributed by atoms with Gasteiger partial charge >= 0.3 is 18.2 Å². The fourth-order valence-corrected chi connectivity index (χ4v) is 2.96. The Morgan fingerprint density at radius 1 is 1.16 bits per heavy atom. The zero-order valence-corrected chi connectivity index (χ0v) is 19.5. The Labute approximate surface area is 191 Å². The van der Waals surface area contributed by atoms with E-state index in [1.807, 2.05) is 0 Å². The molecule has 1 N–H and O–H groups in total. The van der Waals surface area contributed by atoms with Crippen molar-refractivity contribution >= 4 is 23.7 Å². The lowest BCUT2D eigenvalue weighted by molar-refractivity contribution is -0.278. The van der Waals surface area contributed by atoms with Crippen molar-refractivity contribution in [1.29, 1.82) is 0 Å². The van der Waals surface area contributed by atoms with Crippen LogP contribution in [0.4, 0.5) is 18.0 Å². The molecule has 0 unspecified atom stereocenters. The fraction of sp³-hybridized carbons (Fsp3) is 0.545. The standard InChI is InChI=1S/C22H29ClF3NO5/c1-14(13-23)12-17(15(2)27-19(29)32-20(3,4)5)31-18(28)21(30-6,22(24,25)26)16-10-8-7-9-11-16/h7-11,15,17H,1,12-13H2,2-6H3,(H,27,29)/t15-,17-,21+/m0/s1. The van der Waals surface area contributed by atoms with Crippen LogP contribution in [0.25, 0.3) is 0 Å². The van der Waals surface area contributed by atoms with Crippen LogP contribution in [0.15, 0.2) is 42.5 Å². The summed E-state index contributed by atoms with van der Waals surface area (Å²) in [6, 6.07) is 5.52. The number of amides is 1. The molecule has 0 heterocycles. The number of carbonyl (C=O) groups excluding carboxylic acids is 2. The summed E-state index contributed by atoms with van der Waals surface area (Å²) in [4.78, 5) is 25.1. The van der Waals surface area contributed by atoms with Crippen LogP contribution < -0.4 is 5.32 Å². The summed E-state index contributed by atoms with van der Waals surface area (Å²) in [5.41, 5.74) is -4.20. The highest BCUT2D eigenvalue weighted by atomic mass is 35.5. The van der Waals surface area contributed by atoms with Crippen molar-refractivity contribution < 1.29 is 37.0 Å². The second-order valence-corrected chi connectivity index (χ2v) is 8.48. The summed E-state index contributed by atoms with van der Waals surface area (Å²) < 4.78 is 57.6. The van der Waals surface area contributed by atoms with Gasteiger partial charge in [0.2, 0.25) is 0 Å². The first-order chi connectivity index (χ1) is 14.7. The highest BCUT2D eigenvalue weighted by Gasteiger charge is 2.64. The van der Waals surface area contributed by atoms with Crippen molar-refractivity contribution in [3.05, 3.63) is 48.0 Å². The summed E-state index contributed by atoms with van der Waals surface area (Å²) >= 11 is 5.76. The van der Waals surface area contributed by atoms with Gasteiger partial charge in [-0.15, -0.1) is 11.6 Å². The first-order valence-electron chi connectivity index (χ1n) is 9.78. The molecule has 10 heteroatoms. The zero-order chi connectivity index (χ0) is 24.7. The maximum atomic E-state index is 14.1. The SMILES string of the molecule is C=C(CCl)C[C@H](OC(=O)[C@](OC)(c1ccccc1)C(F)(F)F)[C@H](C)NC(=O)OC(C)(C)C. The normalized spacial score (nSPS) is 15.8. The lowest BCUT2D eigenvalue weighted by atomic mass is 9.92. The zero-order valence-electron chi connectivity index (χ0n) is 18.7. The molecular weight excluding hydrogens is 451 g/mol. The third-order valence-corrected chi connectivity index (χ3v) is 4.79. The van der Waals surface area contributed by atoms with E-state index in [2.05, 4.69) is 11.9 Å². The van der Waals surface area contributed by atoms with Crippen molar-refractivity contribution in [3.63, 3.8) is 0 Å². The smallest absolute Gasteiger partial charge is 0.432 e. The van der Waals surface area contributed by atoms with Crippen molar-refractivity contribution in [2.24, 2.45) is 0 Å². The topological polar surface area (TPSA) is 73.9 Å². The van der Waals surface area contributed by atoms with E-state index >= 15 is 0 Å².